The number of nitrogens with zero attached hydrogens (tertiary/aromatic N) is 5. The minimum Gasteiger partial charge on any atom is -0.611 e. The minimum absolute atomic E-state index is 0.161. The van der Waals surface area contributed by atoms with Crippen molar-refractivity contribution < 1.29 is 18.5 Å². The minimum atomic E-state index is -1.25. The van der Waals surface area contributed by atoms with Gasteiger partial charge in [0.1, 0.15) is 17.3 Å². The summed E-state index contributed by atoms with van der Waals surface area (Å²) in [5.74, 6) is 0.934. The summed E-state index contributed by atoms with van der Waals surface area (Å²) in [6.45, 7) is 1.20. The summed E-state index contributed by atoms with van der Waals surface area (Å²) in [5.41, 5.74) is 2.40. The largest absolute Gasteiger partial charge is 0.611 e. The Kier molecular flexibility index (Phi) is 7.04. The standard InChI is InChI=1S/C24H22ClFN6O3S/c1-35-20(33)10-15-2-3-17(11-18(15)26)29-23-21-19(6-9-36(21)34)30-24(31-23)32-7-4-14(5-8-32)22-27-12-16(25)13-28-22/h2-4,11-13H,5-10H2,1H3,(H,29,30,31). The molecular formula is C24H22ClFN6O3S. The maximum Gasteiger partial charge on any atom is 0.310 e. The smallest absolute Gasteiger partial charge is 0.310 e. The number of aryl methyl sites for hydroxylation is 1. The van der Waals surface area contributed by atoms with Gasteiger partial charge in [-0.1, -0.05) is 23.7 Å². The van der Waals surface area contributed by atoms with Crippen molar-refractivity contribution in [2.75, 3.05) is 36.2 Å². The van der Waals surface area contributed by atoms with Crippen molar-refractivity contribution in [1.82, 2.24) is 19.9 Å². The first-order valence-electron chi connectivity index (χ1n) is 11.2. The monoisotopic (exact) mass is 528 g/mol. The van der Waals surface area contributed by atoms with Crippen molar-refractivity contribution in [3.8, 4) is 0 Å². The van der Waals surface area contributed by atoms with Crippen LogP contribution in [0.15, 0.2) is 41.6 Å². The van der Waals surface area contributed by atoms with Gasteiger partial charge in [0.05, 0.1) is 18.6 Å². The molecule has 0 aliphatic carbocycles. The Labute approximate surface area is 215 Å². The Morgan fingerprint density at radius 2 is 2.08 bits per heavy atom. The molecule has 36 heavy (non-hydrogen) atoms. The highest BCUT2D eigenvalue weighted by Gasteiger charge is 2.33. The molecule has 0 fully saturated rings. The normalized spacial score (nSPS) is 16.9. The zero-order valence-electron chi connectivity index (χ0n) is 19.3. The molecule has 186 valence electrons. The molecule has 12 heteroatoms. The number of carbonyl (C=O) groups is 1. The van der Waals surface area contributed by atoms with Crippen LogP contribution < -0.4 is 10.2 Å². The molecule has 4 heterocycles. The van der Waals surface area contributed by atoms with Crippen LogP contribution in [0.4, 0.5) is 21.8 Å². The van der Waals surface area contributed by atoms with Gasteiger partial charge < -0.3 is 19.5 Å². The van der Waals surface area contributed by atoms with E-state index in [-0.39, 0.29) is 12.0 Å². The number of aromatic nitrogens is 4. The summed E-state index contributed by atoms with van der Waals surface area (Å²) in [6.07, 6.45) is 6.29. The molecule has 0 amide bonds. The van der Waals surface area contributed by atoms with E-state index in [1.54, 1.807) is 18.5 Å². The van der Waals surface area contributed by atoms with Crippen molar-refractivity contribution in [2.45, 2.75) is 24.2 Å². The zero-order chi connectivity index (χ0) is 25.2. The number of carbonyl (C=O) groups excluding carboxylic acids is 1. The van der Waals surface area contributed by atoms with Gasteiger partial charge in [-0.25, -0.2) is 19.3 Å². The van der Waals surface area contributed by atoms with Gasteiger partial charge in [0.2, 0.25) is 10.8 Å². The molecule has 0 saturated carbocycles. The lowest BCUT2D eigenvalue weighted by Crippen LogP contribution is -2.30. The zero-order valence-corrected chi connectivity index (χ0v) is 20.9. The highest BCUT2D eigenvalue weighted by Crippen LogP contribution is 2.35. The predicted octanol–water partition coefficient (Wildman–Crippen LogP) is 3.48. The van der Waals surface area contributed by atoms with E-state index in [2.05, 4.69) is 25.0 Å². The van der Waals surface area contributed by atoms with Gasteiger partial charge in [-0.2, -0.15) is 4.98 Å². The molecular weight excluding hydrogens is 507 g/mol. The number of benzene rings is 1. The topological polar surface area (TPSA) is 116 Å². The first-order valence-corrected chi connectivity index (χ1v) is 12.9. The first-order chi connectivity index (χ1) is 17.4. The number of anilines is 3. The van der Waals surface area contributed by atoms with Crippen molar-refractivity contribution in [2.24, 2.45) is 0 Å². The lowest BCUT2D eigenvalue weighted by molar-refractivity contribution is -0.139. The maximum atomic E-state index is 14.6. The van der Waals surface area contributed by atoms with Crippen molar-refractivity contribution in [3.05, 3.63) is 64.6 Å². The van der Waals surface area contributed by atoms with Crippen molar-refractivity contribution >= 4 is 51.8 Å². The van der Waals surface area contributed by atoms with E-state index in [0.717, 1.165) is 11.3 Å². The van der Waals surface area contributed by atoms with Crippen molar-refractivity contribution in [3.63, 3.8) is 0 Å². The average Bonchev–Trinajstić information content (AvgIpc) is 3.27. The van der Waals surface area contributed by atoms with Crippen molar-refractivity contribution in [1.29, 1.82) is 0 Å². The second kappa shape index (κ2) is 10.4. The molecule has 3 aromatic rings. The fourth-order valence-corrected chi connectivity index (χ4v) is 5.48. The molecule has 1 N–H and O–H groups in total. The second-order valence-electron chi connectivity index (χ2n) is 8.28. The van der Waals surface area contributed by atoms with Gasteiger partial charge in [-0.3, -0.25) is 4.79 Å². The first kappa shape index (κ1) is 24.4. The molecule has 0 spiro atoms. The van der Waals surface area contributed by atoms with E-state index >= 15 is 0 Å². The number of halogens is 2. The fraction of sp³-hybridized carbons (Fsp3) is 0.292. The number of nitrogens with one attached hydrogen (secondary N) is 1. The highest BCUT2D eigenvalue weighted by molar-refractivity contribution is 7.91. The third-order valence-electron chi connectivity index (χ3n) is 5.95. The van der Waals surface area contributed by atoms with E-state index in [1.807, 2.05) is 11.0 Å². The number of ether oxygens (including phenoxy) is 1. The molecule has 2 aliphatic heterocycles. The van der Waals surface area contributed by atoms with E-state index in [9.17, 15) is 13.7 Å². The van der Waals surface area contributed by atoms with Crippen LogP contribution in [-0.2, 0) is 33.5 Å². The number of hydrogen-bond donors (Lipinski definition) is 1. The van der Waals surface area contributed by atoms with Gasteiger partial charge >= 0.3 is 5.97 Å². The molecule has 1 atom stereocenters. The third kappa shape index (κ3) is 5.13. The van der Waals surface area contributed by atoms with Gasteiger partial charge in [0, 0.05) is 37.6 Å². The molecule has 0 bridgehead atoms. The molecule has 0 radical (unpaired) electrons. The van der Waals surface area contributed by atoms with Crippen LogP contribution in [0, 0.1) is 5.82 Å². The lowest BCUT2D eigenvalue weighted by Gasteiger charge is -2.26. The third-order valence-corrected chi connectivity index (χ3v) is 7.61. The van der Waals surface area contributed by atoms with E-state index in [0.29, 0.717) is 64.9 Å². The number of methoxy groups -OCH3 is 1. The summed E-state index contributed by atoms with van der Waals surface area (Å²) in [5, 5.41) is 3.60. The molecule has 2 aromatic heterocycles. The molecule has 5 rings (SSSR count). The SMILES string of the molecule is COC(=O)Cc1ccc(Nc2nc(N3CC=C(c4ncc(Cl)cn4)CC3)nc3c2[S+]([O-])CC3)cc1F. The van der Waals surface area contributed by atoms with Gasteiger partial charge in [-0.05, 0) is 40.9 Å². The second-order valence-corrected chi connectivity index (χ2v) is 10.2. The summed E-state index contributed by atoms with van der Waals surface area (Å²) < 4.78 is 31.9. The Balaban J connectivity index is 1.39. The van der Waals surface area contributed by atoms with Crippen LogP contribution >= 0.6 is 11.6 Å². The summed E-state index contributed by atoms with van der Waals surface area (Å²) in [7, 11) is 1.26. The van der Waals surface area contributed by atoms with Crippen LogP contribution in [0.25, 0.3) is 5.57 Å². The summed E-state index contributed by atoms with van der Waals surface area (Å²) in [6, 6.07) is 4.45. The van der Waals surface area contributed by atoms with Crippen LogP contribution in [-0.4, -0.2) is 56.4 Å². The summed E-state index contributed by atoms with van der Waals surface area (Å²) in [4.78, 5) is 32.0. The Hall–Kier alpha value is -3.28. The molecule has 0 saturated heterocycles. The Morgan fingerprint density at radius 1 is 1.28 bits per heavy atom. The van der Waals surface area contributed by atoms with Gasteiger partial charge in [0.25, 0.3) is 0 Å². The van der Waals surface area contributed by atoms with Crippen LogP contribution in [0.3, 0.4) is 0 Å². The lowest BCUT2D eigenvalue weighted by atomic mass is 10.1. The number of rotatable bonds is 6. The summed E-state index contributed by atoms with van der Waals surface area (Å²) >= 11 is 4.64. The highest BCUT2D eigenvalue weighted by atomic mass is 35.5. The predicted molar refractivity (Wildman–Crippen MR) is 134 cm³/mol. The molecule has 2 aliphatic rings. The van der Waals surface area contributed by atoms with E-state index in [4.69, 9.17) is 16.6 Å². The van der Waals surface area contributed by atoms with E-state index < -0.39 is 23.0 Å². The maximum absolute atomic E-state index is 14.6. The van der Waals surface area contributed by atoms with Crippen LogP contribution in [0.5, 0.6) is 0 Å². The van der Waals surface area contributed by atoms with E-state index in [1.165, 1.54) is 19.2 Å². The quantitative estimate of drug-likeness (QED) is 0.379. The van der Waals surface area contributed by atoms with Gasteiger partial charge in [0.15, 0.2) is 11.6 Å². The van der Waals surface area contributed by atoms with Crippen LogP contribution in [0.2, 0.25) is 5.02 Å². The average molecular weight is 529 g/mol. The Bertz CT molecular complexity index is 1340. The van der Waals surface area contributed by atoms with Crippen LogP contribution in [0.1, 0.15) is 23.5 Å². The molecule has 1 unspecified atom stereocenters. The number of esters is 1. The fourth-order valence-electron chi connectivity index (χ4n) is 4.07. The number of hydrogen-bond acceptors (Lipinski definition) is 9. The molecule has 1 aromatic carbocycles. The Morgan fingerprint density at radius 3 is 2.78 bits per heavy atom. The number of fused-ring (bicyclic) bond motifs is 1. The van der Waals surface area contributed by atoms with Gasteiger partial charge in [-0.15, -0.1) is 0 Å². The molecule has 9 nitrogen and oxygen atoms in total.